The van der Waals surface area contributed by atoms with E-state index in [1.54, 1.807) is 13.8 Å². The summed E-state index contributed by atoms with van der Waals surface area (Å²) in [6, 6.07) is 0.213. The van der Waals surface area contributed by atoms with E-state index in [4.69, 9.17) is 5.11 Å². The lowest BCUT2D eigenvalue weighted by atomic mass is 9.88. The van der Waals surface area contributed by atoms with E-state index in [0.29, 0.717) is 5.92 Å². The van der Waals surface area contributed by atoms with Crippen molar-refractivity contribution < 1.29 is 14.7 Å². The number of amides is 1. The third kappa shape index (κ3) is 4.31. The average Bonchev–Trinajstić information content (AvgIpc) is 2.43. The van der Waals surface area contributed by atoms with Gasteiger partial charge in [0.15, 0.2) is 0 Å². The van der Waals surface area contributed by atoms with Crippen LogP contribution in [0, 0.1) is 11.3 Å². The molecule has 4 heteroatoms. The molecule has 4 nitrogen and oxygen atoms in total. The summed E-state index contributed by atoms with van der Waals surface area (Å²) < 4.78 is 0. The fourth-order valence-electron chi connectivity index (χ4n) is 2.44. The highest BCUT2D eigenvalue weighted by atomic mass is 16.4. The second-order valence-corrected chi connectivity index (χ2v) is 6.16. The van der Waals surface area contributed by atoms with Crippen LogP contribution in [0.3, 0.4) is 0 Å². The van der Waals surface area contributed by atoms with Crippen molar-refractivity contribution in [1.29, 1.82) is 0 Å². The normalized spacial score (nSPS) is 25.3. The van der Waals surface area contributed by atoms with E-state index in [2.05, 4.69) is 12.2 Å². The molecule has 0 aromatic carbocycles. The number of nitrogens with one attached hydrogen (secondary N) is 1. The van der Waals surface area contributed by atoms with Gasteiger partial charge < -0.3 is 10.4 Å². The zero-order valence-electron chi connectivity index (χ0n) is 11.7. The van der Waals surface area contributed by atoms with Gasteiger partial charge in [-0.2, -0.15) is 0 Å². The number of hydrogen-bond acceptors (Lipinski definition) is 2. The van der Waals surface area contributed by atoms with E-state index < -0.39 is 11.4 Å². The SMILES string of the molecule is CC1CCCCCC1NC(=O)CC(C)(C)C(=O)O. The van der Waals surface area contributed by atoms with Gasteiger partial charge in [-0.1, -0.05) is 26.2 Å². The molecule has 1 aliphatic rings. The van der Waals surface area contributed by atoms with E-state index in [-0.39, 0.29) is 18.4 Å². The number of carbonyl (C=O) groups is 2. The fraction of sp³-hybridized carbons (Fsp3) is 0.857. The van der Waals surface area contributed by atoms with Gasteiger partial charge in [-0.05, 0) is 32.6 Å². The molecule has 1 amide bonds. The molecule has 0 aromatic rings. The quantitative estimate of drug-likeness (QED) is 0.759. The Kier molecular flexibility index (Phi) is 5.17. The molecule has 0 bridgehead atoms. The first-order chi connectivity index (χ1) is 8.33. The van der Waals surface area contributed by atoms with E-state index >= 15 is 0 Å². The zero-order valence-corrected chi connectivity index (χ0v) is 11.7. The number of carboxylic acid groups (broad SMARTS) is 1. The van der Waals surface area contributed by atoms with Crippen LogP contribution < -0.4 is 5.32 Å². The van der Waals surface area contributed by atoms with Crippen LogP contribution in [0.25, 0.3) is 0 Å². The molecular formula is C14H25NO3. The monoisotopic (exact) mass is 255 g/mol. The van der Waals surface area contributed by atoms with Gasteiger partial charge in [-0.15, -0.1) is 0 Å². The molecule has 0 aromatic heterocycles. The van der Waals surface area contributed by atoms with Crippen molar-refractivity contribution in [2.45, 2.75) is 65.3 Å². The van der Waals surface area contributed by atoms with Gasteiger partial charge in [0.25, 0.3) is 0 Å². The fourth-order valence-corrected chi connectivity index (χ4v) is 2.44. The molecule has 1 fully saturated rings. The summed E-state index contributed by atoms with van der Waals surface area (Å²) in [7, 11) is 0. The standard InChI is InChI=1S/C14H25NO3/c1-10-7-5-4-6-8-11(10)15-12(16)9-14(2,3)13(17)18/h10-11H,4-9H2,1-3H3,(H,15,16)(H,17,18). The highest BCUT2D eigenvalue weighted by Gasteiger charge is 2.31. The van der Waals surface area contributed by atoms with E-state index in [1.807, 2.05) is 0 Å². The van der Waals surface area contributed by atoms with Crippen LogP contribution in [0.5, 0.6) is 0 Å². The lowest BCUT2D eigenvalue weighted by Gasteiger charge is -2.25. The molecule has 0 spiro atoms. The Balaban J connectivity index is 2.50. The van der Waals surface area contributed by atoms with Crippen molar-refractivity contribution in [3.8, 4) is 0 Å². The van der Waals surface area contributed by atoms with Crippen LogP contribution in [0.15, 0.2) is 0 Å². The molecule has 0 heterocycles. The number of aliphatic carboxylic acids is 1. The molecule has 0 saturated heterocycles. The third-order valence-corrected chi connectivity index (χ3v) is 3.89. The van der Waals surface area contributed by atoms with Crippen LogP contribution in [0.1, 0.15) is 59.3 Å². The maximum absolute atomic E-state index is 11.9. The minimum absolute atomic E-state index is 0.0472. The van der Waals surface area contributed by atoms with Gasteiger partial charge in [-0.25, -0.2) is 0 Å². The van der Waals surface area contributed by atoms with Gasteiger partial charge in [0.05, 0.1) is 5.41 Å². The maximum Gasteiger partial charge on any atom is 0.309 e. The molecule has 0 aliphatic heterocycles. The first-order valence-corrected chi connectivity index (χ1v) is 6.85. The molecule has 1 aliphatic carbocycles. The van der Waals surface area contributed by atoms with Gasteiger partial charge >= 0.3 is 5.97 Å². The van der Waals surface area contributed by atoms with Crippen LogP contribution in [0.2, 0.25) is 0 Å². The highest BCUT2D eigenvalue weighted by Crippen LogP contribution is 2.24. The number of carboxylic acids is 1. The Morgan fingerprint density at radius 3 is 2.44 bits per heavy atom. The minimum atomic E-state index is -0.988. The van der Waals surface area contributed by atoms with Crippen molar-refractivity contribution >= 4 is 11.9 Å². The lowest BCUT2D eigenvalue weighted by molar-refractivity contribution is -0.149. The van der Waals surface area contributed by atoms with Crippen molar-refractivity contribution in [2.75, 3.05) is 0 Å². The van der Waals surface area contributed by atoms with E-state index in [1.165, 1.54) is 12.8 Å². The minimum Gasteiger partial charge on any atom is -0.481 e. The van der Waals surface area contributed by atoms with Gasteiger partial charge in [0.2, 0.25) is 5.91 Å². The summed E-state index contributed by atoms with van der Waals surface area (Å²) in [6.45, 7) is 5.34. The highest BCUT2D eigenvalue weighted by molar-refractivity contribution is 5.84. The molecule has 1 rings (SSSR count). The predicted molar refractivity (Wildman–Crippen MR) is 70.2 cm³/mol. The summed E-state index contributed by atoms with van der Waals surface area (Å²) in [4.78, 5) is 22.9. The van der Waals surface area contributed by atoms with E-state index in [9.17, 15) is 9.59 Å². The first kappa shape index (κ1) is 15.0. The van der Waals surface area contributed by atoms with Crippen molar-refractivity contribution in [2.24, 2.45) is 11.3 Å². The molecule has 1 saturated carbocycles. The maximum atomic E-state index is 11.9. The van der Waals surface area contributed by atoms with Crippen molar-refractivity contribution in [3.05, 3.63) is 0 Å². The molecule has 2 unspecified atom stereocenters. The Morgan fingerprint density at radius 1 is 1.22 bits per heavy atom. The second-order valence-electron chi connectivity index (χ2n) is 6.16. The summed E-state index contributed by atoms with van der Waals surface area (Å²) in [5, 5.41) is 12.0. The Bertz CT molecular complexity index is 312. The predicted octanol–water partition coefficient (Wildman–Crippen LogP) is 2.57. The average molecular weight is 255 g/mol. The Morgan fingerprint density at radius 2 is 1.83 bits per heavy atom. The smallest absolute Gasteiger partial charge is 0.309 e. The molecule has 104 valence electrons. The largest absolute Gasteiger partial charge is 0.481 e. The van der Waals surface area contributed by atoms with Crippen LogP contribution >= 0.6 is 0 Å². The van der Waals surface area contributed by atoms with Crippen LogP contribution in [-0.4, -0.2) is 23.0 Å². The van der Waals surface area contributed by atoms with Crippen molar-refractivity contribution in [1.82, 2.24) is 5.32 Å². The second kappa shape index (κ2) is 6.21. The topological polar surface area (TPSA) is 66.4 Å². The molecular weight excluding hydrogens is 230 g/mol. The van der Waals surface area contributed by atoms with Gasteiger partial charge in [-0.3, -0.25) is 9.59 Å². The molecule has 18 heavy (non-hydrogen) atoms. The first-order valence-electron chi connectivity index (χ1n) is 6.85. The number of hydrogen-bond donors (Lipinski definition) is 2. The van der Waals surface area contributed by atoms with Crippen molar-refractivity contribution in [3.63, 3.8) is 0 Å². The molecule has 2 atom stereocenters. The number of rotatable bonds is 4. The Hall–Kier alpha value is -1.06. The summed E-state index contributed by atoms with van der Waals surface area (Å²) in [5.74, 6) is -0.572. The Labute approximate surface area is 109 Å². The summed E-state index contributed by atoms with van der Waals surface area (Å²) >= 11 is 0. The van der Waals surface area contributed by atoms with E-state index in [0.717, 1.165) is 19.3 Å². The molecule has 0 radical (unpaired) electrons. The number of carbonyl (C=O) groups excluding carboxylic acids is 1. The van der Waals surface area contributed by atoms with Gasteiger partial charge in [0, 0.05) is 12.5 Å². The molecule has 2 N–H and O–H groups in total. The lowest BCUT2D eigenvalue weighted by Crippen LogP contribution is -2.41. The van der Waals surface area contributed by atoms with Crippen LogP contribution in [0.4, 0.5) is 0 Å². The zero-order chi connectivity index (χ0) is 13.8. The summed E-state index contributed by atoms with van der Waals surface area (Å²) in [6.07, 6.45) is 5.82. The van der Waals surface area contributed by atoms with Gasteiger partial charge in [0.1, 0.15) is 0 Å². The van der Waals surface area contributed by atoms with Crippen LogP contribution in [-0.2, 0) is 9.59 Å². The third-order valence-electron chi connectivity index (χ3n) is 3.89. The summed E-state index contributed by atoms with van der Waals surface area (Å²) in [5.41, 5.74) is -0.988.